The van der Waals surface area contributed by atoms with Crippen molar-refractivity contribution in [1.82, 2.24) is 30.1 Å². The Hall–Kier alpha value is -2.51. The summed E-state index contributed by atoms with van der Waals surface area (Å²) in [6.07, 6.45) is 9.15. The Morgan fingerprint density at radius 3 is 2.62 bits per heavy atom. The molecule has 2 unspecified atom stereocenters. The summed E-state index contributed by atoms with van der Waals surface area (Å²) in [5.41, 5.74) is -0.0998. The molecule has 1 amide bonds. The van der Waals surface area contributed by atoms with Gasteiger partial charge < -0.3 is 9.88 Å². The minimum atomic E-state index is -0.504. The SMILES string of the molecule is Cn1cccc1C(=O)C(=O)NC12CC3CC(C1)CC(n1ncnn1)(C3)C2. The summed E-state index contributed by atoms with van der Waals surface area (Å²) in [5, 5.41) is 15.5. The maximum atomic E-state index is 12.7. The first-order valence-corrected chi connectivity index (χ1v) is 9.20. The van der Waals surface area contributed by atoms with Crippen LogP contribution < -0.4 is 5.32 Å². The molecule has 0 spiro atoms. The smallest absolute Gasteiger partial charge is 0.294 e. The zero-order chi connectivity index (χ0) is 17.9. The number of carbonyl (C=O) groups excluding carboxylic acids is 2. The largest absolute Gasteiger partial charge is 0.348 e. The molecule has 4 saturated carbocycles. The maximum Gasteiger partial charge on any atom is 0.294 e. The first-order valence-electron chi connectivity index (χ1n) is 9.20. The molecular formula is C18H22N6O2. The number of nitrogens with one attached hydrogen (secondary N) is 1. The van der Waals surface area contributed by atoms with Gasteiger partial charge in [0.2, 0.25) is 0 Å². The highest BCUT2D eigenvalue weighted by Crippen LogP contribution is 2.60. The molecule has 4 bridgehead atoms. The van der Waals surface area contributed by atoms with Gasteiger partial charge in [-0.05, 0) is 67.7 Å². The Morgan fingerprint density at radius 2 is 2.00 bits per heavy atom. The van der Waals surface area contributed by atoms with Crippen molar-refractivity contribution in [2.24, 2.45) is 18.9 Å². The third kappa shape index (κ3) is 2.24. The van der Waals surface area contributed by atoms with Crippen LogP contribution in [-0.2, 0) is 17.4 Å². The Kier molecular flexibility index (Phi) is 3.17. The van der Waals surface area contributed by atoms with E-state index in [0.29, 0.717) is 17.5 Å². The average molecular weight is 354 g/mol. The normalized spacial score (nSPS) is 34.8. The van der Waals surface area contributed by atoms with E-state index in [9.17, 15) is 9.59 Å². The van der Waals surface area contributed by atoms with E-state index in [1.54, 1.807) is 34.7 Å². The van der Waals surface area contributed by atoms with Gasteiger partial charge in [0.25, 0.3) is 11.7 Å². The first-order chi connectivity index (χ1) is 12.5. The highest BCUT2D eigenvalue weighted by atomic mass is 16.2. The zero-order valence-corrected chi connectivity index (χ0v) is 14.8. The van der Waals surface area contributed by atoms with Crippen molar-refractivity contribution in [3.63, 3.8) is 0 Å². The summed E-state index contributed by atoms with van der Waals surface area (Å²) < 4.78 is 1.68. The molecule has 26 heavy (non-hydrogen) atoms. The average Bonchev–Trinajstić information content (AvgIpc) is 3.24. The molecule has 2 aromatic rings. The molecule has 2 aromatic heterocycles. The number of carbonyl (C=O) groups is 2. The molecule has 2 heterocycles. The van der Waals surface area contributed by atoms with Crippen molar-refractivity contribution in [3.05, 3.63) is 30.4 Å². The molecule has 0 saturated heterocycles. The first kappa shape index (κ1) is 15.7. The molecule has 0 radical (unpaired) electrons. The summed E-state index contributed by atoms with van der Waals surface area (Å²) in [5.74, 6) is 0.0944. The maximum absolute atomic E-state index is 12.7. The van der Waals surface area contributed by atoms with Crippen LogP contribution in [0.15, 0.2) is 24.7 Å². The fraction of sp³-hybridized carbons (Fsp3) is 0.611. The van der Waals surface area contributed by atoms with Gasteiger partial charge in [0.15, 0.2) is 6.33 Å². The number of rotatable bonds is 4. The highest BCUT2D eigenvalue weighted by molar-refractivity contribution is 6.42. The highest BCUT2D eigenvalue weighted by Gasteiger charge is 2.60. The summed E-state index contributed by atoms with van der Waals surface area (Å²) in [7, 11) is 1.77. The van der Waals surface area contributed by atoms with Gasteiger partial charge in [0.1, 0.15) is 0 Å². The molecule has 6 rings (SSSR count). The lowest BCUT2D eigenvalue weighted by Crippen LogP contribution is -2.66. The van der Waals surface area contributed by atoms with E-state index in [1.165, 1.54) is 12.7 Å². The van der Waals surface area contributed by atoms with Gasteiger partial charge in [0, 0.05) is 18.8 Å². The van der Waals surface area contributed by atoms with Crippen molar-refractivity contribution in [2.75, 3.05) is 0 Å². The number of Topliss-reactive ketones (excluding diaryl/α,β-unsaturated/α-hetero) is 1. The standard InChI is InChI=1S/C18H22N6O2/c1-23-4-2-3-14(23)15(25)16(26)21-17-6-12-5-13(7-17)9-18(8-12,10-17)24-20-11-19-22-24/h2-4,11-13H,5-10H2,1H3,(H,21,26). The van der Waals surface area contributed by atoms with Crippen LogP contribution >= 0.6 is 0 Å². The molecule has 2 atom stereocenters. The quantitative estimate of drug-likeness (QED) is 0.654. The molecule has 4 fully saturated rings. The lowest BCUT2D eigenvalue weighted by Gasteiger charge is -2.61. The molecule has 0 aromatic carbocycles. The van der Waals surface area contributed by atoms with Crippen molar-refractivity contribution in [1.29, 1.82) is 0 Å². The van der Waals surface area contributed by atoms with Crippen LogP contribution in [-0.4, -0.2) is 42.0 Å². The predicted molar refractivity (Wildman–Crippen MR) is 91.1 cm³/mol. The number of aromatic nitrogens is 5. The second-order valence-corrected chi connectivity index (χ2v) is 8.48. The van der Waals surface area contributed by atoms with Crippen molar-refractivity contribution in [3.8, 4) is 0 Å². The monoisotopic (exact) mass is 354 g/mol. The number of hydrogen-bond acceptors (Lipinski definition) is 5. The zero-order valence-electron chi connectivity index (χ0n) is 14.8. The Balaban J connectivity index is 1.43. The number of ketones is 1. The van der Waals surface area contributed by atoms with E-state index in [4.69, 9.17) is 0 Å². The van der Waals surface area contributed by atoms with E-state index in [1.807, 2.05) is 0 Å². The number of amides is 1. The molecule has 0 aliphatic heterocycles. The topological polar surface area (TPSA) is 94.7 Å². The van der Waals surface area contributed by atoms with E-state index < -0.39 is 11.7 Å². The van der Waals surface area contributed by atoms with Crippen LogP contribution in [0, 0.1) is 11.8 Å². The van der Waals surface area contributed by atoms with E-state index >= 15 is 0 Å². The Morgan fingerprint density at radius 1 is 1.23 bits per heavy atom. The van der Waals surface area contributed by atoms with Crippen LogP contribution in [0.1, 0.15) is 49.0 Å². The molecule has 8 heteroatoms. The van der Waals surface area contributed by atoms with Crippen LogP contribution in [0.4, 0.5) is 0 Å². The van der Waals surface area contributed by atoms with Gasteiger partial charge in [-0.1, -0.05) is 0 Å². The van der Waals surface area contributed by atoms with E-state index in [2.05, 4.69) is 20.7 Å². The molecular weight excluding hydrogens is 332 g/mol. The Labute approximate surface area is 150 Å². The molecule has 4 aliphatic rings. The van der Waals surface area contributed by atoms with Gasteiger partial charge >= 0.3 is 0 Å². The lowest BCUT2D eigenvalue weighted by molar-refractivity contribution is -0.127. The number of hydrogen-bond donors (Lipinski definition) is 1. The summed E-state index contributed by atoms with van der Waals surface area (Å²) in [4.78, 5) is 27.1. The van der Waals surface area contributed by atoms with Crippen molar-refractivity contribution in [2.45, 2.75) is 49.6 Å². The second-order valence-electron chi connectivity index (χ2n) is 8.48. The number of aryl methyl sites for hydroxylation is 1. The molecule has 1 N–H and O–H groups in total. The number of tetrazole rings is 1. The summed E-state index contributed by atoms with van der Waals surface area (Å²) in [6, 6.07) is 3.46. The fourth-order valence-electron chi connectivity index (χ4n) is 6.09. The van der Waals surface area contributed by atoms with E-state index in [-0.39, 0.29) is 11.1 Å². The van der Waals surface area contributed by atoms with Crippen LogP contribution in [0.25, 0.3) is 0 Å². The van der Waals surface area contributed by atoms with Gasteiger partial charge in [0.05, 0.1) is 11.2 Å². The van der Waals surface area contributed by atoms with Crippen molar-refractivity contribution < 1.29 is 9.59 Å². The lowest BCUT2D eigenvalue weighted by atomic mass is 9.50. The van der Waals surface area contributed by atoms with Crippen molar-refractivity contribution >= 4 is 11.7 Å². The predicted octanol–water partition coefficient (Wildman–Crippen LogP) is 1.06. The van der Waals surface area contributed by atoms with Gasteiger partial charge in [-0.25, -0.2) is 0 Å². The van der Waals surface area contributed by atoms with Crippen LogP contribution in [0.2, 0.25) is 0 Å². The third-order valence-electron chi connectivity index (χ3n) is 6.56. The summed E-state index contributed by atoms with van der Waals surface area (Å²) >= 11 is 0. The van der Waals surface area contributed by atoms with Gasteiger partial charge in [-0.15, -0.1) is 10.2 Å². The van der Waals surface area contributed by atoms with Crippen LogP contribution in [0.3, 0.4) is 0 Å². The molecule has 136 valence electrons. The minimum Gasteiger partial charge on any atom is -0.348 e. The Bertz CT molecular complexity index is 856. The molecule has 8 nitrogen and oxygen atoms in total. The second kappa shape index (κ2) is 5.25. The number of nitrogens with zero attached hydrogens (tertiary/aromatic N) is 5. The minimum absolute atomic E-state index is 0.179. The van der Waals surface area contributed by atoms with Gasteiger partial charge in [-0.3, -0.25) is 9.59 Å². The fourth-order valence-corrected chi connectivity index (χ4v) is 6.09. The van der Waals surface area contributed by atoms with E-state index in [0.717, 1.165) is 32.1 Å². The molecule has 4 aliphatic carbocycles. The third-order valence-corrected chi connectivity index (χ3v) is 6.56. The van der Waals surface area contributed by atoms with Crippen LogP contribution in [0.5, 0.6) is 0 Å². The van der Waals surface area contributed by atoms with Gasteiger partial charge in [-0.2, -0.15) is 4.80 Å². The summed E-state index contributed by atoms with van der Waals surface area (Å²) in [6.45, 7) is 0.